The van der Waals surface area contributed by atoms with Crippen molar-refractivity contribution >= 4 is 38.6 Å². The number of carbonyl (C=O) groups excluding carboxylic acids is 1. The Balaban J connectivity index is 1.78. The molecular weight excluding hydrogens is 320 g/mol. The van der Waals surface area contributed by atoms with E-state index in [0.717, 1.165) is 18.5 Å². The van der Waals surface area contributed by atoms with E-state index in [2.05, 4.69) is 4.72 Å². The summed E-state index contributed by atoms with van der Waals surface area (Å²) in [6.45, 7) is 1.55. The lowest BCUT2D eigenvalue weighted by molar-refractivity contribution is -0.116. The Morgan fingerprint density at radius 2 is 1.91 bits per heavy atom. The maximum Gasteiger partial charge on any atom is 0.271 e. The van der Waals surface area contributed by atoms with Crippen LogP contribution in [0.4, 0.5) is 11.4 Å². The Hall–Kier alpha value is -1.86. The highest BCUT2D eigenvalue weighted by Crippen LogP contribution is 2.32. The molecule has 0 aliphatic heterocycles. The number of nitrogens with one attached hydrogen (secondary N) is 1. The van der Waals surface area contributed by atoms with Gasteiger partial charge in [0, 0.05) is 24.3 Å². The zero-order chi connectivity index (χ0) is 15.7. The molecule has 116 valence electrons. The molecule has 22 heavy (non-hydrogen) atoms. The first-order valence-electron chi connectivity index (χ1n) is 6.93. The molecule has 1 amide bonds. The molecule has 2 aromatic rings. The van der Waals surface area contributed by atoms with Crippen molar-refractivity contribution in [2.75, 3.05) is 9.62 Å². The molecule has 1 fully saturated rings. The zero-order valence-corrected chi connectivity index (χ0v) is 13.7. The third-order valence-corrected chi connectivity index (χ3v) is 6.19. The van der Waals surface area contributed by atoms with Gasteiger partial charge >= 0.3 is 0 Å². The summed E-state index contributed by atoms with van der Waals surface area (Å²) in [5.74, 6) is 0.00872. The second-order valence-electron chi connectivity index (χ2n) is 5.20. The summed E-state index contributed by atoms with van der Waals surface area (Å²) in [5.41, 5.74) is 1.28. The van der Waals surface area contributed by atoms with Crippen LogP contribution in [-0.4, -0.2) is 20.4 Å². The van der Waals surface area contributed by atoms with Crippen molar-refractivity contribution in [2.45, 2.75) is 30.0 Å². The molecule has 1 aliphatic rings. The number of benzene rings is 1. The second kappa shape index (κ2) is 5.73. The van der Waals surface area contributed by atoms with Crippen molar-refractivity contribution in [3.63, 3.8) is 0 Å². The first kappa shape index (κ1) is 15.1. The summed E-state index contributed by atoms with van der Waals surface area (Å²) in [6, 6.07) is 10.4. The van der Waals surface area contributed by atoms with Crippen molar-refractivity contribution in [3.8, 4) is 0 Å². The average molecular weight is 336 g/mol. The largest absolute Gasteiger partial charge is 0.310 e. The summed E-state index contributed by atoms with van der Waals surface area (Å²) >= 11 is 1.17. The predicted octanol–water partition coefficient (Wildman–Crippen LogP) is 3.06. The fourth-order valence-electron chi connectivity index (χ4n) is 2.29. The zero-order valence-electron chi connectivity index (χ0n) is 12.0. The molecule has 1 aliphatic carbocycles. The van der Waals surface area contributed by atoms with Crippen LogP contribution in [-0.2, 0) is 14.8 Å². The van der Waals surface area contributed by atoms with Crippen LogP contribution < -0.4 is 9.62 Å². The fourth-order valence-corrected chi connectivity index (χ4v) is 4.35. The number of amides is 1. The SMILES string of the molecule is CC(=O)N(c1ccc(NS(=O)(=O)c2cccs2)cc1)C1CC1. The van der Waals surface area contributed by atoms with Crippen LogP contribution in [0.15, 0.2) is 46.0 Å². The number of rotatable bonds is 5. The van der Waals surface area contributed by atoms with Crippen LogP contribution in [0.3, 0.4) is 0 Å². The van der Waals surface area contributed by atoms with Gasteiger partial charge in [0.15, 0.2) is 0 Å². The third kappa shape index (κ3) is 3.15. The molecule has 0 saturated heterocycles. The summed E-state index contributed by atoms with van der Waals surface area (Å²) in [5, 5.41) is 1.72. The van der Waals surface area contributed by atoms with Crippen LogP contribution in [0, 0.1) is 0 Å². The van der Waals surface area contributed by atoms with Crippen LogP contribution in [0.1, 0.15) is 19.8 Å². The lowest BCUT2D eigenvalue weighted by Crippen LogP contribution is -2.30. The summed E-state index contributed by atoms with van der Waals surface area (Å²) in [4.78, 5) is 13.5. The minimum atomic E-state index is -3.54. The van der Waals surface area contributed by atoms with Gasteiger partial charge in [-0.05, 0) is 48.6 Å². The van der Waals surface area contributed by atoms with Gasteiger partial charge in [0.1, 0.15) is 4.21 Å². The first-order chi connectivity index (χ1) is 10.5. The van der Waals surface area contributed by atoms with Crippen molar-refractivity contribution in [1.29, 1.82) is 0 Å². The minimum Gasteiger partial charge on any atom is -0.310 e. The Morgan fingerprint density at radius 1 is 1.23 bits per heavy atom. The van der Waals surface area contributed by atoms with Gasteiger partial charge in [0.05, 0.1) is 0 Å². The smallest absolute Gasteiger partial charge is 0.271 e. The number of anilines is 2. The number of carbonyl (C=O) groups is 1. The van der Waals surface area contributed by atoms with Crippen molar-refractivity contribution < 1.29 is 13.2 Å². The molecule has 1 heterocycles. The van der Waals surface area contributed by atoms with E-state index in [4.69, 9.17) is 0 Å². The number of hydrogen-bond acceptors (Lipinski definition) is 4. The number of hydrogen-bond donors (Lipinski definition) is 1. The van der Waals surface area contributed by atoms with Crippen LogP contribution >= 0.6 is 11.3 Å². The van der Waals surface area contributed by atoms with E-state index in [9.17, 15) is 13.2 Å². The Kier molecular flexibility index (Phi) is 3.92. The topological polar surface area (TPSA) is 66.5 Å². The molecule has 7 heteroatoms. The quantitative estimate of drug-likeness (QED) is 0.912. The van der Waals surface area contributed by atoms with Crippen molar-refractivity contribution in [1.82, 2.24) is 0 Å². The summed E-state index contributed by atoms with van der Waals surface area (Å²) in [7, 11) is -3.54. The van der Waals surface area contributed by atoms with Gasteiger partial charge < -0.3 is 4.90 Å². The fraction of sp³-hybridized carbons (Fsp3) is 0.267. The van der Waals surface area contributed by atoms with E-state index in [-0.39, 0.29) is 16.2 Å². The lowest BCUT2D eigenvalue weighted by atomic mass is 10.2. The number of nitrogens with zero attached hydrogens (tertiary/aromatic N) is 1. The molecule has 3 rings (SSSR count). The molecule has 1 saturated carbocycles. The molecule has 0 bridgehead atoms. The van der Waals surface area contributed by atoms with Gasteiger partial charge in [-0.3, -0.25) is 9.52 Å². The van der Waals surface area contributed by atoms with E-state index >= 15 is 0 Å². The Labute approximate surface area is 133 Å². The van der Waals surface area contributed by atoms with Crippen molar-refractivity contribution in [3.05, 3.63) is 41.8 Å². The van der Waals surface area contributed by atoms with E-state index in [0.29, 0.717) is 5.69 Å². The van der Waals surface area contributed by atoms with E-state index in [1.165, 1.54) is 11.3 Å². The molecule has 0 spiro atoms. The van der Waals surface area contributed by atoms with Crippen molar-refractivity contribution in [2.24, 2.45) is 0 Å². The molecule has 1 aromatic heterocycles. The highest BCUT2D eigenvalue weighted by Gasteiger charge is 2.31. The van der Waals surface area contributed by atoms with Gasteiger partial charge in [0.25, 0.3) is 10.0 Å². The molecule has 1 N–H and O–H groups in total. The normalized spacial score (nSPS) is 14.6. The van der Waals surface area contributed by atoms with Crippen LogP contribution in [0.25, 0.3) is 0 Å². The highest BCUT2D eigenvalue weighted by molar-refractivity contribution is 7.94. The molecule has 0 atom stereocenters. The molecule has 0 unspecified atom stereocenters. The monoisotopic (exact) mass is 336 g/mol. The van der Waals surface area contributed by atoms with Crippen LogP contribution in [0.5, 0.6) is 0 Å². The Morgan fingerprint density at radius 3 is 2.41 bits per heavy atom. The maximum absolute atomic E-state index is 12.1. The maximum atomic E-state index is 12.1. The van der Waals surface area contributed by atoms with Gasteiger partial charge in [-0.1, -0.05) is 6.07 Å². The van der Waals surface area contributed by atoms with E-state index < -0.39 is 10.0 Å². The molecule has 5 nitrogen and oxygen atoms in total. The van der Waals surface area contributed by atoms with E-state index in [1.807, 2.05) is 0 Å². The van der Waals surface area contributed by atoms with E-state index in [1.54, 1.807) is 53.6 Å². The van der Waals surface area contributed by atoms with Gasteiger partial charge in [0.2, 0.25) is 5.91 Å². The van der Waals surface area contributed by atoms with Gasteiger partial charge in [-0.2, -0.15) is 0 Å². The standard InChI is InChI=1S/C15H16N2O3S2/c1-11(18)17(14-8-9-14)13-6-4-12(5-7-13)16-22(19,20)15-3-2-10-21-15/h2-7,10,14,16H,8-9H2,1H3. The Bertz CT molecular complexity index is 764. The second-order valence-corrected chi connectivity index (χ2v) is 8.06. The van der Waals surface area contributed by atoms with Crippen LogP contribution in [0.2, 0.25) is 0 Å². The molecular formula is C15H16N2O3S2. The molecule has 0 radical (unpaired) electrons. The minimum absolute atomic E-state index is 0.00872. The highest BCUT2D eigenvalue weighted by atomic mass is 32.2. The number of thiophene rings is 1. The van der Waals surface area contributed by atoms with Gasteiger partial charge in [-0.25, -0.2) is 8.42 Å². The number of sulfonamides is 1. The average Bonchev–Trinajstić information content (AvgIpc) is 3.11. The predicted molar refractivity (Wildman–Crippen MR) is 87.8 cm³/mol. The first-order valence-corrected chi connectivity index (χ1v) is 9.30. The molecule has 1 aromatic carbocycles. The van der Waals surface area contributed by atoms with Gasteiger partial charge in [-0.15, -0.1) is 11.3 Å². The lowest BCUT2D eigenvalue weighted by Gasteiger charge is -2.21. The summed E-state index contributed by atoms with van der Waals surface area (Å²) < 4.78 is 27.1. The summed E-state index contributed by atoms with van der Waals surface area (Å²) in [6.07, 6.45) is 2.04. The third-order valence-electron chi connectivity index (χ3n) is 3.41.